The van der Waals surface area contributed by atoms with E-state index in [1.807, 2.05) is 92.7 Å². The number of fused-ring (bicyclic) bond motifs is 2. The van der Waals surface area contributed by atoms with Gasteiger partial charge in [0.2, 0.25) is 0 Å². The van der Waals surface area contributed by atoms with Crippen molar-refractivity contribution in [3.63, 3.8) is 0 Å². The predicted octanol–water partition coefficient (Wildman–Crippen LogP) is 7.13. The van der Waals surface area contributed by atoms with E-state index < -0.39 is 17.7 Å². The number of amides is 1. The maximum atomic E-state index is 13.7. The van der Waals surface area contributed by atoms with Crippen LogP contribution in [0.15, 0.2) is 96.6 Å². The molecule has 7 nitrogen and oxygen atoms in total. The van der Waals surface area contributed by atoms with E-state index in [-0.39, 0.29) is 17.4 Å². The Balaban J connectivity index is 1.31. The van der Waals surface area contributed by atoms with E-state index in [9.17, 15) is 14.7 Å². The van der Waals surface area contributed by atoms with E-state index in [1.165, 1.54) is 16.2 Å². The molecule has 1 saturated heterocycles. The lowest BCUT2D eigenvalue weighted by molar-refractivity contribution is -0.132. The van der Waals surface area contributed by atoms with Crippen molar-refractivity contribution in [3.8, 4) is 11.5 Å². The van der Waals surface area contributed by atoms with Crippen molar-refractivity contribution in [2.24, 2.45) is 0 Å². The van der Waals surface area contributed by atoms with Crippen LogP contribution >= 0.6 is 11.3 Å². The summed E-state index contributed by atoms with van der Waals surface area (Å²) in [5, 5.41) is 12.0. The third kappa shape index (κ3) is 4.93. The van der Waals surface area contributed by atoms with Crippen LogP contribution in [0, 0.1) is 6.92 Å². The second-order valence-corrected chi connectivity index (χ2v) is 11.9. The van der Waals surface area contributed by atoms with Gasteiger partial charge in [-0.25, -0.2) is 4.98 Å². The Morgan fingerprint density at radius 1 is 1.02 bits per heavy atom. The van der Waals surface area contributed by atoms with Crippen LogP contribution in [0.4, 0.5) is 5.13 Å². The van der Waals surface area contributed by atoms with Crippen molar-refractivity contribution in [3.05, 3.63) is 124 Å². The molecule has 0 saturated carbocycles. The van der Waals surface area contributed by atoms with Crippen LogP contribution in [0.1, 0.15) is 40.8 Å². The standard InChI is InChI=1S/C35H28N2O5S/c1-20-8-14-27-29(16-20)43-35(36-27)37-31(23-9-12-26(13-10-23)41-19-22-6-4-3-5-7-22)30(33(39)34(37)40)32(38)24-11-15-28-25(18-24)17-21(2)42-28/h3-16,18,21,31,38H,17,19H2,1-2H3/b32-30+/t21-,31-/m1/s1. The largest absolute Gasteiger partial charge is 0.507 e. The van der Waals surface area contributed by atoms with Crippen LogP contribution in [0.3, 0.4) is 0 Å². The number of thiazole rings is 1. The smallest absolute Gasteiger partial charge is 0.301 e. The summed E-state index contributed by atoms with van der Waals surface area (Å²) in [5.41, 5.74) is 4.93. The molecule has 2 aliphatic rings. The van der Waals surface area contributed by atoms with Gasteiger partial charge >= 0.3 is 5.91 Å². The van der Waals surface area contributed by atoms with Gasteiger partial charge in [-0.2, -0.15) is 0 Å². The first kappa shape index (κ1) is 26.9. The minimum atomic E-state index is -0.881. The second-order valence-electron chi connectivity index (χ2n) is 10.9. The molecular formula is C35H28N2O5S. The maximum Gasteiger partial charge on any atom is 0.301 e. The minimum absolute atomic E-state index is 0.0188. The lowest BCUT2D eigenvalue weighted by atomic mass is 9.94. The quantitative estimate of drug-likeness (QED) is 0.129. The summed E-state index contributed by atoms with van der Waals surface area (Å²) in [6.45, 7) is 4.39. The summed E-state index contributed by atoms with van der Waals surface area (Å²) in [7, 11) is 0. The fourth-order valence-electron chi connectivity index (χ4n) is 5.68. The van der Waals surface area contributed by atoms with Crippen molar-refractivity contribution in [2.75, 3.05) is 4.90 Å². The molecule has 8 heteroatoms. The van der Waals surface area contributed by atoms with E-state index in [0.29, 0.717) is 35.0 Å². The van der Waals surface area contributed by atoms with Gasteiger partial charge in [-0.3, -0.25) is 14.5 Å². The third-order valence-corrected chi connectivity index (χ3v) is 8.81. The fourth-order valence-corrected chi connectivity index (χ4v) is 6.77. The number of benzene rings is 4. The lowest BCUT2D eigenvalue weighted by Crippen LogP contribution is -2.29. The second kappa shape index (κ2) is 10.7. The molecular weight excluding hydrogens is 560 g/mol. The summed E-state index contributed by atoms with van der Waals surface area (Å²) < 4.78 is 12.7. The summed E-state index contributed by atoms with van der Waals surface area (Å²) in [6.07, 6.45) is 0.729. The third-order valence-electron chi connectivity index (χ3n) is 7.80. The first-order chi connectivity index (χ1) is 20.9. The molecule has 0 unspecified atom stereocenters. The molecule has 2 aliphatic heterocycles. The van der Waals surface area contributed by atoms with Gasteiger partial charge in [0.15, 0.2) is 5.13 Å². The molecule has 2 atom stereocenters. The number of Topliss-reactive ketones (excluding diaryl/α,β-unsaturated/α-hetero) is 1. The summed E-state index contributed by atoms with van der Waals surface area (Å²) in [5.74, 6) is -0.309. The van der Waals surface area contributed by atoms with Gasteiger partial charge in [0.05, 0.1) is 21.8 Å². The van der Waals surface area contributed by atoms with Crippen molar-refractivity contribution >= 4 is 44.1 Å². The summed E-state index contributed by atoms with van der Waals surface area (Å²) in [6, 6.07) is 27.5. The van der Waals surface area contributed by atoms with Gasteiger partial charge < -0.3 is 14.6 Å². The molecule has 4 aromatic carbocycles. The summed E-state index contributed by atoms with van der Waals surface area (Å²) in [4.78, 5) is 33.5. The number of aryl methyl sites for hydroxylation is 1. The first-order valence-electron chi connectivity index (χ1n) is 14.1. The highest BCUT2D eigenvalue weighted by atomic mass is 32.1. The van der Waals surface area contributed by atoms with E-state index in [0.717, 1.165) is 32.7 Å². The maximum absolute atomic E-state index is 13.7. The van der Waals surface area contributed by atoms with E-state index in [4.69, 9.17) is 14.5 Å². The van der Waals surface area contributed by atoms with Crippen molar-refractivity contribution in [1.82, 2.24) is 4.98 Å². The monoisotopic (exact) mass is 588 g/mol. The zero-order chi connectivity index (χ0) is 29.7. The molecule has 0 spiro atoms. The molecule has 5 aromatic rings. The van der Waals surface area contributed by atoms with Gasteiger partial charge in [0, 0.05) is 12.0 Å². The number of hydrogen-bond donors (Lipinski definition) is 1. The topological polar surface area (TPSA) is 89.0 Å². The normalized spacial score (nSPS) is 19.1. The minimum Gasteiger partial charge on any atom is -0.507 e. The first-order valence-corrected chi connectivity index (χ1v) is 14.9. The average molecular weight is 589 g/mol. The van der Waals surface area contributed by atoms with Crippen LogP contribution in [0.25, 0.3) is 16.0 Å². The zero-order valence-electron chi connectivity index (χ0n) is 23.6. The number of carbonyl (C=O) groups excluding carboxylic acids is 2. The van der Waals surface area contributed by atoms with Crippen molar-refractivity contribution < 1.29 is 24.2 Å². The molecule has 0 radical (unpaired) electrons. The van der Waals surface area contributed by atoms with Gasteiger partial charge in [0.25, 0.3) is 5.78 Å². The highest BCUT2D eigenvalue weighted by Crippen LogP contribution is 2.45. The molecule has 3 heterocycles. The van der Waals surface area contributed by atoms with Crippen LogP contribution in [0.2, 0.25) is 0 Å². The van der Waals surface area contributed by atoms with Gasteiger partial charge in [-0.1, -0.05) is 59.9 Å². The molecule has 1 fully saturated rings. The fraction of sp³-hybridized carbons (Fsp3) is 0.171. The Bertz CT molecular complexity index is 1910. The van der Waals surface area contributed by atoms with Crippen LogP contribution in [0.5, 0.6) is 11.5 Å². The number of aliphatic hydroxyl groups excluding tert-OH is 1. The van der Waals surface area contributed by atoms with Crippen LogP contribution in [-0.2, 0) is 22.6 Å². The average Bonchev–Trinajstić information content (AvgIpc) is 3.68. The van der Waals surface area contributed by atoms with E-state index >= 15 is 0 Å². The molecule has 214 valence electrons. The Labute approximate surface area is 252 Å². The number of hydrogen-bond acceptors (Lipinski definition) is 7. The molecule has 7 rings (SSSR count). The number of ketones is 1. The number of aromatic nitrogens is 1. The van der Waals surface area contributed by atoms with E-state index in [2.05, 4.69) is 0 Å². The number of ether oxygens (including phenoxy) is 2. The molecule has 0 bridgehead atoms. The Hall–Kier alpha value is -4.95. The molecule has 1 N–H and O–H groups in total. The molecule has 0 aliphatic carbocycles. The van der Waals surface area contributed by atoms with Crippen LogP contribution in [-0.4, -0.2) is 27.9 Å². The molecule has 1 amide bonds. The molecule has 43 heavy (non-hydrogen) atoms. The van der Waals surface area contributed by atoms with Crippen molar-refractivity contribution in [2.45, 2.75) is 39.0 Å². The highest BCUT2D eigenvalue weighted by molar-refractivity contribution is 7.22. The zero-order valence-corrected chi connectivity index (χ0v) is 24.4. The number of anilines is 1. The Morgan fingerprint density at radius 2 is 1.81 bits per heavy atom. The number of nitrogens with zero attached hydrogens (tertiary/aromatic N) is 2. The highest BCUT2D eigenvalue weighted by Gasteiger charge is 2.48. The number of rotatable bonds is 6. The summed E-state index contributed by atoms with van der Waals surface area (Å²) >= 11 is 1.34. The van der Waals surface area contributed by atoms with Crippen molar-refractivity contribution in [1.29, 1.82) is 0 Å². The Morgan fingerprint density at radius 3 is 2.60 bits per heavy atom. The van der Waals surface area contributed by atoms with Gasteiger partial charge in [-0.05, 0) is 78.6 Å². The SMILES string of the molecule is Cc1ccc2nc(N3C(=O)C(=O)/C(=C(/O)c4ccc5c(c4)C[C@@H](C)O5)[C@H]3c3ccc(OCc4ccccc4)cc3)sc2c1. The van der Waals surface area contributed by atoms with E-state index in [1.54, 1.807) is 12.1 Å². The molecule has 1 aromatic heterocycles. The number of aliphatic hydroxyl groups is 1. The van der Waals surface area contributed by atoms with Crippen LogP contribution < -0.4 is 14.4 Å². The van der Waals surface area contributed by atoms with Gasteiger partial charge in [-0.15, -0.1) is 0 Å². The van der Waals surface area contributed by atoms with Gasteiger partial charge in [0.1, 0.15) is 30.0 Å². The lowest BCUT2D eigenvalue weighted by Gasteiger charge is -2.23. The number of carbonyl (C=O) groups is 2. The predicted molar refractivity (Wildman–Crippen MR) is 167 cm³/mol. The Kier molecular flexibility index (Phi) is 6.70.